The van der Waals surface area contributed by atoms with Gasteiger partial charge in [0.15, 0.2) is 0 Å². The van der Waals surface area contributed by atoms with Crippen LogP contribution in [0.5, 0.6) is 11.8 Å². The lowest BCUT2D eigenvalue weighted by Gasteiger charge is -2.32. The number of hydrogen-bond acceptors (Lipinski definition) is 8. The van der Waals surface area contributed by atoms with Crippen molar-refractivity contribution < 1.29 is 31.1 Å². The Balaban J connectivity index is 1.70. The fourth-order valence-corrected chi connectivity index (χ4v) is 3.71. The number of sulfonamides is 1. The summed E-state index contributed by atoms with van der Waals surface area (Å²) in [6.45, 7) is -0.351. The molecular formula is C18H22F3N5O4S. The second-order valence-electron chi connectivity index (χ2n) is 7.10. The Hall–Kier alpha value is -2.67. The van der Waals surface area contributed by atoms with E-state index in [0.717, 1.165) is 6.26 Å². The van der Waals surface area contributed by atoms with E-state index in [1.54, 1.807) is 18.2 Å². The summed E-state index contributed by atoms with van der Waals surface area (Å²) in [5.41, 5.74) is 0.788. The largest absolute Gasteiger partial charge is 0.478 e. The van der Waals surface area contributed by atoms with Crippen LogP contribution in [0.2, 0.25) is 0 Å². The number of aromatic nitrogens is 3. The molecule has 1 aliphatic rings. The first-order chi connectivity index (χ1) is 14.5. The minimum absolute atomic E-state index is 0.00666. The van der Waals surface area contributed by atoms with Gasteiger partial charge in [-0.25, -0.2) is 13.4 Å². The molecule has 0 amide bonds. The maximum Gasteiger partial charge on any atom is 0.401 e. The predicted molar refractivity (Wildman–Crippen MR) is 106 cm³/mol. The normalized spacial score (nSPS) is 16.2. The molecule has 0 saturated carbocycles. The molecule has 2 aromatic heterocycles. The van der Waals surface area contributed by atoms with Gasteiger partial charge in [-0.3, -0.25) is 9.62 Å². The summed E-state index contributed by atoms with van der Waals surface area (Å²) in [5.74, 6) is 0.300. The second-order valence-corrected chi connectivity index (χ2v) is 8.84. The Labute approximate surface area is 177 Å². The predicted octanol–water partition coefficient (Wildman–Crippen LogP) is 2.32. The number of anilines is 1. The first kappa shape index (κ1) is 23.0. The average Bonchev–Trinajstić information content (AvgIpc) is 2.67. The smallest absolute Gasteiger partial charge is 0.401 e. The fourth-order valence-electron chi connectivity index (χ4n) is 3.16. The van der Waals surface area contributed by atoms with Crippen LogP contribution in [0, 0.1) is 0 Å². The molecule has 0 aliphatic carbocycles. The Morgan fingerprint density at radius 3 is 2.52 bits per heavy atom. The quantitative estimate of drug-likeness (QED) is 0.670. The van der Waals surface area contributed by atoms with E-state index in [9.17, 15) is 21.6 Å². The number of methoxy groups -OCH3 is 1. The lowest BCUT2D eigenvalue weighted by molar-refractivity contribution is -0.149. The maximum absolute atomic E-state index is 12.5. The maximum atomic E-state index is 12.5. The van der Waals surface area contributed by atoms with Crippen LogP contribution in [0.15, 0.2) is 24.3 Å². The van der Waals surface area contributed by atoms with Gasteiger partial charge in [0.05, 0.1) is 25.6 Å². The van der Waals surface area contributed by atoms with Crippen molar-refractivity contribution in [3.05, 3.63) is 24.3 Å². The van der Waals surface area contributed by atoms with Crippen LogP contribution in [-0.2, 0) is 10.0 Å². The highest BCUT2D eigenvalue weighted by molar-refractivity contribution is 7.92. The van der Waals surface area contributed by atoms with Crippen LogP contribution in [0.3, 0.4) is 0 Å². The van der Waals surface area contributed by atoms with E-state index in [-0.39, 0.29) is 36.5 Å². The van der Waals surface area contributed by atoms with E-state index in [0.29, 0.717) is 24.4 Å². The number of halogens is 3. The van der Waals surface area contributed by atoms with Crippen molar-refractivity contribution in [3.8, 4) is 23.1 Å². The van der Waals surface area contributed by atoms with Gasteiger partial charge < -0.3 is 9.47 Å². The molecule has 3 heterocycles. The van der Waals surface area contributed by atoms with E-state index < -0.39 is 22.7 Å². The van der Waals surface area contributed by atoms with E-state index >= 15 is 0 Å². The molecule has 1 fully saturated rings. The average molecular weight is 461 g/mol. The van der Waals surface area contributed by atoms with Gasteiger partial charge in [-0.05, 0) is 25.0 Å². The first-order valence-electron chi connectivity index (χ1n) is 9.35. The summed E-state index contributed by atoms with van der Waals surface area (Å²) in [7, 11) is -2.23. The molecule has 1 saturated heterocycles. The molecule has 0 unspecified atom stereocenters. The molecule has 31 heavy (non-hydrogen) atoms. The number of piperidine rings is 1. The zero-order valence-electron chi connectivity index (χ0n) is 16.9. The number of nitrogens with zero attached hydrogens (tertiary/aromatic N) is 4. The molecular weight excluding hydrogens is 439 g/mol. The van der Waals surface area contributed by atoms with E-state index in [2.05, 4.69) is 19.9 Å². The molecule has 0 spiro atoms. The number of rotatable bonds is 7. The molecule has 0 atom stereocenters. The molecule has 2 aromatic rings. The van der Waals surface area contributed by atoms with Crippen LogP contribution in [0.25, 0.3) is 11.4 Å². The van der Waals surface area contributed by atoms with Crippen molar-refractivity contribution in [1.29, 1.82) is 0 Å². The molecule has 13 heteroatoms. The topological polar surface area (TPSA) is 107 Å². The Morgan fingerprint density at radius 2 is 1.90 bits per heavy atom. The van der Waals surface area contributed by atoms with E-state index in [1.165, 1.54) is 18.1 Å². The number of likely N-dealkylation sites (tertiary alicyclic amines) is 1. The molecule has 170 valence electrons. The summed E-state index contributed by atoms with van der Waals surface area (Å²) < 4.78 is 73.9. The van der Waals surface area contributed by atoms with Crippen molar-refractivity contribution >= 4 is 15.7 Å². The van der Waals surface area contributed by atoms with Crippen LogP contribution >= 0.6 is 0 Å². The van der Waals surface area contributed by atoms with Gasteiger partial charge in [-0.15, -0.1) is 10.2 Å². The number of alkyl halides is 3. The highest BCUT2D eigenvalue weighted by Crippen LogP contribution is 2.28. The third-order valence-corrected chi connectivity index (χ3v) is 5.05. The summed E-state index contributed by atoms with van der Waals surface area (Å²) in [4.78, 5) is 5.73. The van der Waals surface area contributed by atoms with E-state index in [1.807, 2.05) is 0 Å². The molecule has 1 N–H and O–H groups in total. The third-order valence-electron chi connectivity index (χ3n) is 4.46. The molecule has 9 nitrogen and oxygen atoms in total. The van der Waals surface area contributed by atoms with Crippen LogP contribution in [0.4, 0.5) is 18.9 Å². The number of hydrogen-bond donors (Lipinski definition) is 1. The third kappa shape index (κ3) is 6.92. The van der Waals surface area contributed by atoms with Crippen LogP contribution in [-0.4, -0.2) is 73.8 Å². The van der Waals surface area contributed by atoms with Gasteiger partial charge in [0, 0.05) is 19.2 Å². The van der Waals surface area contributed by atoms with Gasteiger partial charge in [0.1, 0.15) is 17.5 Å². The molecule has 0 aromatic carbocycles. The van der Waals surface area contributed by atoms with Gasteiger partial charge >= 0.3 is 6.18 Å². The zero-order chi connectivity index (χ0) is 22.6. The zero-order valence-corrected chi connectivity index (χ0v) is 17.7. The lowest BCUT2D eigenvalue weighted by atomic mass is 10.1. The molecule has 1 aliphatic heterocycles. The van der Waals surface area contributed by atoms with Crippen molar-refractivity contribution in [2.24, 2.45) is 0 Å². The molecule has 0 bridgehead atoms. The molecule has 0 radical (unpaired) electrons. The van der Waals surface area contributed by atoms with Crippen LogP contribution < -0.4 is 14.2 Å². The lowest BCUT2D eigenvalue weighted by Crippen LogP contribution is -2.42. The van der Waals surface area contributed by atoms with Crippen LogP contribution in [0.1, 0.15) is 12.8 Å². The van der Waals surface area contributed by atoms with Gasteiger partial charge in [0.25, 0.3) is 5.88 Å². The van der Waals surface area contributed by atoms with E-state index in [4.69, 9.17) is 9.47 Å². The van der Waals surface area contributed by atoms with Crippen molar-refractivity contribution in [1.82, 2.24) is 20.1 Å². The minimum Gasteiger partial charge on any atom is -0.478 e. The van der Waals surface area contributed by atoms with Gasteiger partial charge in [0.2, 0.25) is 15.9 Å². The summed E-state index contributed by atoms with van der Waals surface area (Å²) >= 11 is 0. The fraction of sp³-hybridized carbons (Fsp3) is 0.500. The standard InChI is InChI=1S/C18H22F3N5O4S/c1-29-17-15(25-31(2,27)28)10-14(23-24-17)13-4-3-5-16(22-13)30-12-6-8-26(9-7-12)11-18(19,20)21/h3-5,10,12H,6-9,11H2,1-2H3,(H,23,25). The van der Waals surface area contributed by atoms with Crippen molar-refractivity contribution in [3.63, 3.8) is 0 Å². The Kier molecular flexibility index (Phi) is 6.84. The Bertz CT molecular complexity index is 1010. The van der Waals surface area contributed by atoms with Crippen molar-refractivity contribution in [2.75, 3.05) is 37.7 Å². The summed E-state index contributed by atoms with van der Waals surface area (Å²) in [5, 5.41) is 7.86. The SMILES string of the molecule is COc1nnc(-c2cccc(OC3CCN(CC(F)(F)F)CC3)n2)cc1NS(C)(=O)=O. The van der Waals surface area contributed by atoms with Gasteiger partial charge in [-0.1, -0.05) is 6.07 Å². The molecule has 3 rings (SSSR count). The second kappa shape index (κ2) is 9.22. The van der Waals surface area contributed by atoms with Crippen molar-refractivity contribution in [2.45, 2.75) is 25.1 Å². The monoisotopic (exact) mass is 461 g/mol. The highest BCUT2D eigenvalue weighted by atomic mass is 32.2. The highest BCUT2D eigenvalue weighted by Gasteiger charge is 2.33. The Morgan fingerprint density at radius 1 is 1.19 bits per heavy atom. The number of ether oxygens (including phenoxy) is 2. The summed E-state index contributed by atoms with van der Waals surface area (Å²) in [6.07, 6.45) is -2.57. The van der Waals surface area contributed by atoms with Gasteiger partial charge in [-0.2, -0.15) is 13.2 Å². The summed E-state index contributed by atoms with van der Waals surface area (Å²) in [6, 6.07) is 6.42. The number of nitrogens with one attached hydrogen (secondary N) is 1. The number of pyridine rings is 1. The minimum atomic E-state index is -4.21. The first-order valence-corrected chi connectivity index (χ1v) is 11.2.